The first-order chi connectivity index (χ1) is 7.69. The Kier molecular flexibility index (Phi) is 3.50. The van der Waals surface area contributed by atoms with Crippen LogP contribution in [-0.4, -0.2) is 16.9 Å². The van der Waals surface area contributed by atoms with Gasteiger partial charge in [0.25, 0.3) is 0 Å². The predicted octanol–water partition coefficient (Wildman–Crippen LogP) is 2.86. The van der Waals surface area contributed by atoms with Crippen LogP contribution in [-0.2, 0) is 13.6 Å². The molecule has 16 heavy (non-hydrogen) atoms. The van der Waals surface area contributed by atoms with Crippen molar-refractivity contribution in [1.29, 1.82) is 0 Å². The van der Waals surface area contributed by atoms with Crippen LogP contribution < -0.4 is 10.1 Å². The van der Waals surface area contributed by atoms with Crippen molar-refractivity contribution >= 4 is 33.0 Å². The van der Waals surface area contributed by atoms with E-state index in [4.69, 9.17) is 4.74 Å². The van der Waals surface area contributed by atoms with Crippen LogP contribution >= 0.6 is 27.3 Å². The van der Waals surface area contributed by atoms with Crippen LogP contribution in [0.15, 0.2) is 22.9 Å². The topological polar surface area (TPSA) is 39.1 Å². The van der Waals surface area contributed by atoms with Crippen LogP contribution in [0.4, 0.5) is 5.69 Å². The zero-order valence-electron chi connectivity index (χ0n) is 9.03. The largest absolute Gasteiger partial charge is 0.486 e. The summed E-state index contributed by atoms with van der Waals surface area (Å²) in [6.07, 6.45) is 3.75. The summed E-state index contributed by atoms with van der Waals surface area (Å²) in [6, 6.07) is 2.06. The van der Waals surface area contributed by atoms with Crippen molar-refractivity contribution in [2.24, 2.45) is 7.05 Å². The van der Waals surface area contributed by atoms with E-state index < -0.39 is 0 Å². The molecular weight excluding hydrogens is 290 g/mol. The van der Waals surface area contributed by atoms with Gasteiger partial charge < -0.3 is 10.1 Å². The second kappa shape index (κ2) is 4.88. The molecule has 4 nitrogen and oxygen atoms in total. The molecule has 0 aliphatic carbocycles. The first-order valence-corrected chi connectivity index (χ1v) is 6.34. The molecule has 0 aliphatic rings. The van der Waals surface area contributed by atoms with Crippen molar-refractivity contribution in [3.05, 3.63) is 27.8 Å². The third-order valence-electron chi connectivity index (χ3n) is 2.06. The highest BCUT2D eigenvalue weighted by Crippen LogP contribution is 2.34. The van der Waals surface area contributed by atoms with Crippen molar-refractivity contribution < 1.29 is 4.74 Å². The van der Waals surface area contributed by atoms with E-state index in [2.05, 4.69) is 32.4 Å². The molecule has 0 unspecified atom stereocenters. The first kappa shape index (κ1) is 11.5. The minimum Gasteiger partial charge on any atom is -0.486 e. The van der Waals surface area contributed by atoms with Crippen molar-refractivity contribution in [1.82, 2.24) is 9.78 Å². The number of halogens is 1. The second-order valence-electron chi connectivity index (χ2n) is 3.31. The number of thiophene rings is 1. The van der Waals surface area contributed by atoms with Gasteiger partial charge in [-0.2, -0.15) is 5.10 Å². The molecular formula is C10H12BrN3OS. The van der Waals surface area contributed by atoms with E-state index in [-0.39, 0.29) is 0 Å². The molecule has 0 radical (unpaired) electrons. The number of nitrogens with zero attached hydrogens (tertiary/aromatic N) is 2. The van der Waals surface area contributed by atoms with Crippen LogP contribution in [0.1, 0.15) is 4.88 Å². The molecule has 2 aromatic heterocycles. The maximum Gasteiger partial charge on any atom is 0.188 e. The van der Waals surface area contributed by atoms with E-state index in [9.17, 15) is 0 Å². The lowest BCUT2D eigenvalue weighted by Gasteiger charge is -1.99. The minimum absolute atomic E-state index is 0.776. The van der Waals surface area contributed by atoms with Gasteiger partial charge in [0.05, 0.1) is 23.5 Å². The molecule has 6 heteroatoms. The molecule has 86 valence electrons. The van der Waals surface area contributed by atoms with Gasteiger partial charge in [-0.3, -0.25) is 4.68 Å². The first-order valence-electron chi connectivity index (χ1n) is 4.74. The van der Waals surface area contributed by atoms with Crippen molar-refractivity contribution in [3.8, 4) is 5.06 Å². The smallest absolute Gasteiger partial charge is 0.188 e. The van der Waals surface area contributed by atoms with Gasteiger partial charge in [-0.1, -0.05) is 0 Å². The number of hydrogen-bond acceptors (Lipinski definition) is 4. The van der Waals surface area contributed by atoms with E-state index in [1.54, 1.807) is 29.3 Å². The van der Waals surface area contributed by atoms with Gasteiger partial charge in [0.1, 0.15) is 0 Å². The van der Waals surface area contributed by atoms with Crippen molar-refractivity contribution in [2.75, 3.05) is 12.4 Å². The van der Waals surface area contributed by atoms with Gasteiger partial charge in [-0.25, -0.2) is 0 Å². The van der Waals surface area contributed by atoms with E-state index in [0.717, 1.165) is 21.8 Å². The van der Waals surface area contributed by atoms with E-state index >= 15 is 0 Å². The maximum atomic E-state index is 5.21. The van der Waals surface area contributed by atoms with Crippen LogP contribution in [0.3, 0.4) is 0 Å². The average Bonchev–Trinajstić information content (AvgIpc) is 2.82. The number of ether oxygens (including phenoxy) is 1. The molecule has 0 saturated heterocycles. The lowest BCUT2D eigenvalue weighted by Crippen LogP contribution is -1.95. The Morgan fingerprint density at radius 2 is 2.44 bits per heavy atom. The third kappa shape index (κ3) is 2.56. The summed E-state index contributed by atoms with van der Waals surface area (Å²) in [5, 5.41) is 8.29. The summed E-state index contributed by atoms with van der Waals surface area (Å²) in [4.78, 5) is 1.22. The van der Waals surface area contributed by atoms with E-state index in [1.165, 1.54) is 4.88 Å². The fourth-order valence-corrected chi connectivity index (χ4v) is 2.96. The Morgan fingerprint density at radius 1 is 1.62 bits per heavy atom. The lowest BCUT2D eigenvalue weighted by molar-refractivity contribution is 0.425. The van der Waals surface area contributed by atoms with Crippen LogP contribution in [0, 0.1) is 0 Å². The molecule has 2 heterocycles. The summed E-state index contributed by atoms with van der Waals surface area (Å²) in [5.74, 6) is 0. The van der Waals surface area contributed by atoms with E-state index in [1.807, 2.05) is 13.2 Å². The molecule has 0 spiro atoms. The number of aryl methyl sites for hydroxylation is 1. The SMILES string of the molecule is COc1sc(CNc2cnn(C)c2)cc1Br. The fourth-order valence-electron chi connectivity index (χ4n) is 1.33. The number of nitrogens with one attached hydrogen (secondary N) is 1. The maximum absolute atomic E-state index is 5.21. The number of hydrogen-bond donors (Lipinski definition) is 1. The molecule has 0 saturated carbocycles. The van der Waals surface area contributed by atoms with Crippen LogP contribution in [0.5, 0.6) is 5.06 Å². The van der Waals surface area contributed by atoms with Crippen LogP contribution in [0.25, 0.3) is 0 Å². The Hall–Kier alpha value is -1.01. The molecule has 0 atom stereocenters. The van der Waals surface area contributed by atoms with E-state index in [0.29, 0.717) is 0 Å². The summed E-state index contributed by atoms with van der Waals surface area (Å²) in [6.45, 7) is 0.776. The highest BCUT2D eigenvalue weighted by Gasteiger charge is 2.06. The zero-order valence-corrected chi connectivity index (χ0v) is 11.4. The standard InChI is InChI=1S/C10H12BrN3OS/c1-14-6-7(4-13-14)12-5-8-3-9(11)10(15-2)16-8/h3-4,6,12H,5H2,1-2H3. The zero-order chi connectivity index (χ0) is 11.5. The van der Waals surface area contributed by atoms with Crippen molar-refractivity contribution in [2.45, 2.75) is 6.54 Å². The summed E-state index contributed by atoms with van der Waals surface area (Å²) in [5.41, 5.74) is 1.02. The summed E-state index contributed by atoms with van der Waals surface area (Å²) < 4.78 is 7.98. The molecule has 0 fully saturated rings. The van der Waals surface area contributed by atoms with Gasteiger partial charge in [-0.05, 0) is 22.0 Å². The van der Waals surface area contributed by atoms with Gasteiger partial charge in [0.2, 0.25) is 0 Å². The molecule has 0 aliphatic heterocycles. The minimum atomic E-state index is 0.776. The average molecular weight is 302 g/mol. The predicted molar refractivity (Wildman–Crippen MR) is 69.1 cm³/mol. The molecule has 0 amide bonds. The molecule has 0 aromatic carbocycles. The molecule has 2 aromatic rings. The quantitative estimate of drug-likeness (QED) is 0.944. The Bertz CT molecular complexity index is 480. The Balaban J connectivity index is 1.99. The fraction of sp³-hybridized carbons (Fsp3) is 0.300. The molecule has 2 rings (SSSR count). The number of aromatic nitrogens is 2. The highest BCUT2D eigenvalue weighted by atomic mass is 79.9. The number of methoxy groups -OCH3 is 1. The molecule has 1 N–H and O–H groups in total. The van der Waals surface area contributed by atoms with Crippen molar-refractivity contribution in [3.63, 3.8) is 0 Å². The Morgan fingerprint density at radius 3 is 3.00 bits per heavy atom. The summed E-state index contributed by atoms with van der Waals surface area (Å²) in [7, 11) is 3.57. The lowest BCUT2D eigenvalue weighted by atomic mass is 10.4. The molecule has 0 bridgehead atoms. The monoisotopic (exact) mass is 301 g/mol. The summed E-state index contributed by atoms with van der Waals surface area (Å²) >= 11 is 5.08. The Labute approximate surface area is 106 Å². The highest BCUT2D eigenvalue weighted by molar-refractivity contribution is 9.10. The van der Waals surface area contributed by atoms with Gasteiger partial charge in [0, 0.05) is 24.7 Å². The van der Waals surface area contributed by atoms with Gasteiger partial charge in [-0.15, -0.1) is 11.3 Å². The van der Waals surface area contributed by atoms with Gasteiger partial charge >= 0.3 is 0 Å². The number of anilines is 1. The van der Waals surface area contributed by atoms with Crippen LogP contribution in [0.2, 0.25) is 0 Å². The normalized spacial score (nSPS) is 10.4. The second-order valence-corrected chi connectivity index (χ2v) is 5.26. The third-order valence-corrected chi connectivity index (χ3v) is 4.01. The van der Waals surface area contributed by atoms with Gasteiger partial charge in [0.15, 0.2) is 5.06 Å². The number of rotatable bonds is 4.